The van der Waals surface area contributed by atoms with E-state index >= 15 is 0 Å². The van der Waals surface area contributed by atoms with Crippen LogP contribution >= 0.6 is 22.9 Å². The van der Waals surface area contributed by atoms with Crippen molar-refractivity contribution in [1.29, 1.82) is 0 Å². The van der Waals surface area contributed by atoms with E-state index in [1.54, 1.807) is 35.2 Å². The van der Waals surface area contributed by atoms with Crippen molar-refractivity contribution >= 4 is 39.8 Å². The summed E-state index contributed by atoms with van der Waals surface area (Å²) in [6.07, 6.45) is 0. The number of hydrogen-bond acceptors (Lipinski definition) is 4. The van der Waals surface area contributed by atoms with Crippen LogP contribution in [-0.4, -0.2) is 10.8 Å². The third kappa shape index (κ3) is 2.58. The van der Waals surface area contributed by atoms with E-state index in [9.17, 15) is 9.59 Å². The maximum absolute atomic E-state index is 13.3. The number of fused-ring (bicyclic) bond motifs is 2. The van der Waals surface area contributed by atoms with Gasteiger partial charge in [-0.1, -0.05) is 48.0 Å². The molecule has 0 N–H and O–H groups in total. The van der Waals surface area contributed by atoms with Crippen LogP contribution in [0.2, 0.25) is 5.02 Å². The molecular weight excluding hydrogens is 394 g/mol. The Morgan fingerprint density at radius 3 is 2.57 bits per heavy atom. The molecule has 0 fully saturated rings. The van der Waals surface area contributed by atoms with Gasteiger partial charge in [0, 0.05) is 16.4 Å². The van der Waals surface area contributed by atoms with Gasteiger partial charge >= 0.3 is 0 Å². The number of thiophene rings is 1. The molecule has 0 saturated heterocycles. The molecule has 1 aliphatic heterocycles. The van der Waals surface area contributed by atoms with Crippen LogP contribution in [-0.2, 0) is 6.54 Å². The Kier molecular flexibility index (Phi) is 4.07. The van der Waals surface area contributed by atoms with Crippen molar-refractivity contribution in [1.82, 2.24) is 4.90 Å². The molecule has 3 heterocycles. The maximum atomic E-state index is 13.3. The molecule has 4 aromatic rings. The molecule has 138 valence electrons. The van der Waals surface area contributed by atoms with E-state index in [0.717, 1.165) is 10.4 Å². The van der Waals surface area contributed by atoms with Crippen LogP contribution < -0.4 is 5.43 Å². The lowest BCUT2D eigenvalue weighted by atomic mass is 10.0. The van der Waals surface area contributed by atoms with Crippen molar-refractivity contribution in [3.63, 3.8) is 0 Å². The normalized spacial score (nSPS) is 16.0. The third-order valence-corrected chi connectivity index (χ3v) is 6.28. The Morgan fingerprint density at radius 2 is 1.79 bits per heavy atom. The summed E-state index contributed by atoms with van der Waals surface area (Å²) in [4.78, 5) is 29.1. The maximum Gasteiger partial charge on any atom is 0.291 e. The van der Waals surface area contributed by atoms with E-state index in [-0.39, 0.29) is 17.1 Å². The standard InChI is InChI=1S/C22H14ClNO3S/c23-15-8-3-1-6-13(15)12-24-19(17-10-5-11-28-17)18-20(25)14-7-2-4-9-16(14)27-21(18)22(24)26/h1-11,19H,12H2/t19-/m0/s1. The molecule has 2 aromatic heterocycles. The molecule has 0 unspecified atom stereocenters. The number of hydrogen-bond donors (Lipinski definition) is 0. The predicted molar refractivity (Wildman–Crippen MR) is 110 cm³/mol. The van der Waals surface area contributed by atoms with Gasteiger partial charge in [0.05, 0.1) is 10.9 Å². The molecule has 0 saturated carbocycles. The van der Waals surface area contributed by atoms with Gasteiger partial charge in [-0.25, -0.2) is 0 Å². The number of para-hydroxylation sites is 1. The quantitative estimate of drug-likeness (QED) is 0.466. The Labute approximate surface area is 169 Å². The minimum absolute atomic E-state index is 0.120. The van der Waals surface area contributed by atoms with Crippen LogP contribution in [0.3, 0.4) is 0 Å². The molecule has 0 aliphatic carbocycles. The molecule has 0 spiro atoms. The average Bonchev–Trinajstić information content (AvgIpc) is 3.32. The topological polar surface area (TPSA) is 50.5 Å². The summed E-state index contributed by atoms with van der Waals surface area (Å²) in [5.41, 5.74) is 1.48. The lowest BCUT2D eigenvalue weighted by molar-refractivity contribution is 0.0716. The van der Waals surface area contributed by atoms with Gasteiger partial charge in [-0.2, -0.15) is 0 Å². The van der Waals surface area contributed by atoms with Crippen molar-refractivity contribution in [2.24, 2.45) is 0 Å². The summed E-state index contributed by atoms with van der Waals surface area (Å²) in [6.45, 7) is 0.293. The zero-order valence-corrected chi connectivity index (χ0v) is 16.2. The fourth-order valence-electron chi connectivity index (χ4n) is 3.68. The highest BCUT2D eigenvalue weighted by Gasteiger charge is 2.43. The summed E-state index contributed by atoms with van der Waals surface area (Å²) in [6, 6.07) is 17.8. The molecule has 5 rings (SSSR count). The van der Waals surface area contributed by atoms with Crippen LogP contribution in [0.5, 0.6) is 0 Å². The van der Waals surface area contributed by atoms with E-state index < -0.39 is 6.04 Å². The second-order valence-corrected chi connectivity index (χ2v) is 8.00. The van der Waals surface area contributed by atoms with Crippen LogP contribution in [0.15, 0.2) is 75.3 Å². The Bertz CT molecular complexity index is 1260. The van der Waals surface area contributed by atoms with Crippen LogP contribution in [0.25, 0.3) is 11.0 Å². The van der Waals surface area contributed by atoms with Crippen LogP contribution in [0.1, 0.15) is 32.6 Å². The van der Waals surface area contributed by atoms with E-state index in [1.165, 1.54) is 11.3 Å². The molecule has 0 bridgehead atoms. The molecule has 6 heteroatoms. The highest BCUT2D eigenvalue weighted by atomic mass is 35.5. The molecule has 4 nitrogen and oxygen atoms in total. The first-order chi connectivity index (χ1) is 13.6. The van der Waals surface area contributed by atoms with Gasteiger partial charge in [0.25, 0.3) is 5.91 Å². The second-order valence-electron chi connectivity index (χ2n) is 6.61. The second kappa shape index (κ2) is 6.62. The lowest BCUT2D eigenvalue weighted by Gasteiger charge is -2.24. The monoisotopic (exact) mass is 407 g/mol. The number of halogens is 1. The van der Waals surface area contributed by atoms with Crippen molar-refractivity contribution in [3.05, 3.63) is 103 Å². The smallest absolute Gasteiger partial charge is 0.291 e. The highest BCUT2D eigenvalue weighted by Crippen LogP contribution is 2.41. The SMILES string of the molecule is O=C1c2oc3ccccc3c(=O)c2[C@H](c2cccs2)N1Cc1ccccc1Cl. The molecule has 1 amide bonds. The van der Waals surface area contributed by atoms with Crippen molar-refractivity contribution in [3.8, 4) is 0 Å². The van der Waals surface area contributed by atoms with Crippen molar-refractivity contribution in [2.75, 3.05) is 0 Å². The van der Waals surface area contributed by atoms with E-state index in [0.29, 0.717) is 28.1 Å². The summed E-state index contributed by atoms with van der Waals surface area (Å²) >= 11 is 7.84. The fraction of sp³-hybridized carbons (Fsp3) is 0.0909. The van der Waals surface area contributed by atoms with Gasteiger partial charge in [0.15, 0.2) is 5.43 Å². The zero-order valence-electron chi connectivity index (χ0n) is 14.6. The highest BCUT2D eigenvalue weighted by molar-refractivity contribution is 7.10. The molecular formula is C22H14ClNO3S. The molecule has 1 atom stereocenters. The summed E-state index contributed by atoms with van der Waals surface area (Å²) in [5.74, 6) is -0.176. The molecule has 2 aromatic carbocycles. The van der Waals surface area contributed by atoms with Crippen LogP contribution in [0.4, 0.5) is 0 Å². The Balaban J connectivity index is 1.73. The van der Waals surface area contributed by atoms with Gasteiger partial charge in [-0.3, -0.25) is 9.59 Å². The predicted octanol–water partition coefficient (Wildman–Crippen LogP) is 5.25. The third-order valence-electron chi connectivity index (χ3n) is 4.98. The van der Waals surface area contributed by atoms with Gasteiger partial charge in [0.1, 0.15) is 11.6 Å². The summed E-state index contributed by atoms with van der Waals surface area (Å²) in [7, 11) is 0. The van der Waals surface area contributed by atoms with Gasteiger partial charge in [-0.05, 0) is 35.2 Å². The number of carbonyl (C=O) groups excluding carboxylic acids is 1. The summed E-state index contributed by atoms with van der Waals surface area (Å²) in [5, 5.41) is 3.00. The molecule has 28 heavy (non-hydrogen) atoms. The average molecular weight is 408 g/mol. The number of nitrogens with zero attached hydrogens (tertiary/aromatic N) is 1. The van der Waals surface area contributed by atoms with Gasteiger partial charge < -0.3 is 9.32 Å². The minimum Gasteiger partial charge on any atom is -0.450 e. The molecule has 1 aliphatic rings. The van der Waals surface area contributed by atoms with Gasteiger partial charge in [0.2, 0.25) is 5.76 Å². The lowest BCUT2D eigenvalue weighted by Crippen LogP contribution is -2.28. The first-order valence-electron chi connectivity index (χ1n) is 8.78. The Morgan fingerprint density at radius 1 is 1.00 bits per heavy atom. The largest absolute Gasteiger partial charge is 0.450 e. The van der Waals surface area contributed by atoms with Crippen molar-refractivity contribution in [2.45, 2.75) is 12.6 Å². The van der Waals surface area contributed by atoms with E-state index in [1.807, 2.05) is 35.7 Å². The van der Waals surface area contributed by atoms with Crippen LogP contribution in [0, 0.1) is 0 Å². The first kappa shape index (κ1) is 17.2. The summed E-state index contributed by atoms with van der Waals surface area (Å²) < 4.78 is 5.90. The number of benzene rings is 2. The van der Waals surface area contributed by atoms with Crippen molar-refractivity contribution < 1.29 is 9.21 Å². The van der Waals surface area contributed by atoms with E-state index in [2.05, 4.69) is 0 Å². The van der Waals surface area contributed by atoms with Gasteiger partial charge in [-0.15, -0.1) is 11.3 Å². The first-order valence-corrected chi connectivity index (χ1v) is 10.0. The Hall–Kier alpha value is -2.89. The zero-order chi connectivity index (χ0) is 19.3. The number of rotatable bonds is 3. The molecule has 0 radical (unpaired) electrons. The minimum atomic E-state index is -0.486. The number of amides is 1. The van der Waals surface area contributed by atoms with E-state index in [4.69, 9.17) is 16.0 Å². The number of carbonyl (C=O) groups is 1. The fourth-order valence-corrected chi connectivity index (χ4v) is 4.72.